The van der Waals surface area contributed by atoms with Gasteiger partial charge in [0.1, 0.15) is 11.6 Å². The molecule has 3 aromatic rings. The number of nitrogens with one attached hydrogen (secondary N) is 3. The molecule has 2 amide bonds. The van der Waals surface area contributed by atoms with Crippen LogP contribution in [0.1, 0.15) is 31.2 Å². The molecule has 4 rings (SSSR count). The van der Waals surface area contributed by atoms with Crippen LogP contribution in [0.3, 0.4) is 0 Å². The van der Waals surface area contributed by atoms with Gasteiger partial charge in [-0.2, -0.15) is 4.98 Å². The second-order valence-electron chi connectivity index (χ2n) is 8.43. The minimum absolute atomic E-state index is 0.135. The number of amides is 2. The average molecular weight is 437 g/mol. The third-order valence-corrected chi connectivity index (χ3v) is 5.77. The first-order valence-electron chi connectivity index (χ1n) is 11.0. The van der Waals surface area contributed by atoms with Crippen LogP contribution < -0.4 is 20.9 Å². The Hall–Kier alpha value is -3.42. The fraction of sp³-hybridized carbons (Fsp3) is 0.375. The summed E-state index contributed by atoms with van der Waals surface area (Å²) in [5.74, 6) is 1.25. The van der Waals surface area contributed by atoms with Gasteiger partial charge < -0.3 is 20.9 Å². The molecule has 0 bridgehead atoms. The van der Waals surface area contributed by atoms with Crippen molar-refractivity contribution in [2.24, 2.45) is 0 Å². The predicted octanol–water partition coefficient (Wildman–Crippen LogP) is 4.06. The summed E-state index contributed by atoms with van der Waals surface area (Å²) < 4.78 is 13.0. The second kappa shape index (κ2) is 9.80. The molecule has 7 nitrogen and oxygen atoms in total. The monoisotopic (exact) mass is 436 g/mol. The Morgan fingerprint density at radius 2 is 1.69 bits per heavy atom. The molecule has 2 aromatic carbocycles. The molecule has 1 aliphatic carbocycles. The zero-order valence-corrected chi connectivity index (χ0v) is 18.4. The Balaban J connectivity index is 1.27. The highest BCUT2D eigenvalue weighted by molar-refractivity contribution is 5.90. The Morgan fingerprint density at radius 1 is 1.00 bits per heavy atom. The van der Waals surface area contributed by atoms with Crippen molar-refractivity contribution in [1.29, 1.82) is 0 Å². The largest absolute Gasteiger partial charge is 0.362 e. The molecule has 32 heavy (non-hydrogen) atoms. The number of para-hydroxylation sites is 1. The molecule has 1 saturated carbocycles. The number of fused-ring (bicyclic) bond motifs is 1. The van der Waals surface area contributed by atoms with Gasteiger partial charge in [-0.15, -0.1) is 0 Å². The Labute approximate surface area is 187 Å². The number of nitrogens with zero attached hydrogens (tertiary/aromatic N) is 3. The van der Waals surface area contributed by atoms with Gasteiger partial charge >= 0.3 is 6.03 Å². The van der Waals surface area contributed by atoms with Crippen LogP contribution in [0, 0.1) is 5.82 Å². The van der Waals surface area contributed by atoms with Crippen molar-refractivity contribution in [3.05, 3.63) is 59.9 Å². The van der Waals surface area contributed by atoms with Crippen LogP contribution in [0.25, 0.3) is 10.9 Å². The van der Waals surface area contributed by atoms with Crippen LogP contribution in [0.4, 0.5) is 21.0 Å². The fourth-order valence-corrected chi connectivity index (χ4v) is 4.05. The summed E-state index contributed by atoms with van der Waals surface area (Å²) in [5.41, 5.74) is 1.78. The first-order valence-corrected chi connectivity index (χ1v) is 11.0. The maximum absolute atomic E-state index is 13.0. The number of carbonyl (C=O) groups excluding carboxylic acids is 1. The molecule has 1 aliphatic rings. The van der Waals surface area contributed by atoms with Gasteiger partial charge in [-0.3, -0.25) is 0 Å². The standard InChI is InChI=1S/C24H29FN6O/c1-31(2)22-20-5-3-4-6-21(20)29-23(30-22)27-18-11-13-19(14-12-18)28-24(32)26-15-16-7-9-17(25)10-8-16/h3-10,18-19H,11-15H2,1-2H3,(H2,26,28,32)(H,27,29,30)/t18-,19+. The van der Waals surface area contributed by atoms with Crippen molar-refractivity contribution in [2.45, 2.75) is 44.3 Å². The molecule has 0 saturated heterocycles. The van der Waals surface area contributed by atoms with Gasteiger partial charge in [-0.05, 0) is 55.5 Å². The Morgan fingerprint density at radius 3 is 2.41 bits per heavy atom. The number of hydrogen-bond acceptors (Lipinski definition) is 5. The van der Waals surface area contributed by atoms with Gasteiger partial charge in [0.2, 0.25) is 5.95 Å². The van der Waals surface area contributed by atoms with Gasteiger partial charge in [0.05, 0.1) is 5.52 Å². The summed E-state index contributed by atoms with van der Waals surface area (Å²) in [7, 11) is 3.97. The van der Waals surface area contributed by atoms with E-state index in [0.29, 0.717) is 12.5 Å². The number of benzene rings is 2. The highest BCUT2D eigenvalue weighted by Crippen LogP contribution is 2.26. The topological polar surface area (TPSA) is 82.2 Å². The number of hydrogen-bond donors (Lipinski definition) is 3. The molecule has 0 atom stereocenters. The third kappa shape index (κ3) is 5.43. The van der Waals surface area contributed by atoms with Crippen molar-refractivity contribution in [3.63, 3.8) is 0 Å². The van der Waals surface area contributed by atoms with E-state index in [9.17, 15) is 9.18 Å². The molecular weight excluding hydrogens is 407 g/mol. The number of aromatic nitrogens is 2. The van der Waals surface area contributed by atoms with Gasteiger partial charge in [0, 0.05) is 38.1 Å². The molecule has 0 unspecified atom stereocenters. The van der Waals surface area contributed by atoms with Crippen molar-refractivity contribution in [3.8, 4) is 0 Å². The summed E-state index contributed by atoms with van der Waals surface area (Å²) >= 11 is 0. The number of rotatable bonds is 6. The van der Waals surface area contributed by atoms with E-state index in [4.69, 9.17) is 4.98 Å². The SMILES string of the molecule is CN(C)c1nc(N[C@H]2CC[C@@H](NC(=O)NCc3ccc(F)cc3)CC2)nc2ccccc12. The third-order valence-electron chi connectivity index (χ3n) is 5.77. The predicted molar refractivity (Wildman–Crippen MR) is 125 cm³/mol. The van der Waals surface area contributed by atoms with Crippen molar-refractivity contribution in [2.75, 3.05) is 24.3 Å². The summed E-state index contributed by atoms with van der Waals surface area (Å²) in [6.45, 7) is 0.372. The second-order valence-corrected chi connectivity index (χ2v) is 8.43. The molecule has 3 N–H and O–H groups in total. The van der Waals surface area contributed by atoms with Gasteiger partial charge in [-0.1, -0.05) is 24.3 Å². The summed E-state index contributed by atoms with van der Waals surface area (Å²) in [6, 6.07) is 14.3. The molecule has 168 valence electrons. The van der Waals surface area contributed by atoms with E-state index in [1.54, 1.807) is 12.1 Å². The molecule has 0 aliphatic heterocycles. The van der Waals surface area contributed by atoms with E-state index in [0.717, 1.165) is 48.0 Å². The van der Waals surface area contributed by atoms with Gasteiger partial charge in [0.15, 0.2) is 0 Å². The highest BCUT2D eigenvalue weighted by Gasteiger charge is 2.23. The van der Waals surface area contributed by atoms with Crippen molar-refractivity contribution < 1.29 is 9.18 Å². The molecule has 1 fully saturated rings. The maximum atomic E-state index is 13.0. The van der Waals surface area contributed by atoms with Crippen molar-refractivity contribution >= 4 is 28.7 Å². The number of anilines is 2. The van der Waals surface area contributed by atoms with E-state index in [2.05, 4.69) is 20.9 Å². The highest BCUT2D eigenvalue weighted by atomic mass is 19.1. The van der Waals surface area contributed by atoms with Gasteiger partial charge in [0.25, 0.3) is 0 Å². The van der Waals surface area contributed by atoms with E-state index < -0.39 is 0 Å². The minimum Gasteiger partial charge on any atom is -0.362 e. The van der Waals surface area contributed by atoms with Crippen LogP contribution >= 0.6 is 0 Å². The van der Waals surface area contributed by atoms with Crippen molar-refractivity contribution in [1.82, 2.24) is 20.6 Å². The van der Waals surface area contributed by atoms with Gasteiger partial charge in [-0.25, -0.2) is 14.2 Å². The number of urea groups is 1. The quantitative estimate of drug-likeness (QED) is 0.543. The normalized spacial score (nSPS) is 18.2. The van der Waals surface area contributed by atoms with Crippen LogP contribution in [-0.4, -0.2) is 42.2 Å². The number of carbonyl (C=O) groups is 1. The lowest BCUT2D eigenvalue weighted by atomic mass is 9.91. The van der Waals surface area contributed by atoms with Crippen LogP contribution in [0.2, 0.25) is 0 Å². The molecule has 1 heterocycles. The molecule has 1 aromatic heterocycles. The Bertz CT molecular complexity index is 1060. The average Bonchev–Trinajstić information content (AvgIpc) is 2.79. The zero-order chi connectivity index (χ0) is 22.5. The maximum Gasteiger partial charge on any atom is 0.315 e. The minimum atomic E-state index is -0.282. The van der Waals surface area contributed by atoms with Crippen LogP contribution in [0.15, 0.2) is 48.5 Å². The molecule has 0 radical (unpaired) electrons. The fourth-order valence-electron chi connectivity index (χ4n) is 4.05. The zero-order valence-electron chi connectivity index (χ0n) is 18.4. The lowest BCUT2D eigenvalue weighted by Crippen LogP contribution is -2.44. The smallest absolute Gasteiger partial charge is 0.315 e. The number of halogens is 1. The summed E-state index contributed by atoms with van der Waals surface area (Å²) in [5, 5.41) is 10.4. The van der Waals surface area contributed by atoms with E-state index in [1.165, 1.54) is 12.1 Å². The van der Waals surface area contributed by atoms with E-state index >= 15 is 0 Å². The Kier molecular flexibility index (Phi) is 6.68. The first-order chi connectivity index (χ1) is 15.5. The molecular formula is C24H29FN6O. The molecule has 8 heteroatoms. The van der Waals surface area contributed by atoms with E-state index in [-0.39, 0.29) is 23.9 Å². The van der Waals surface area contributed by atoms with E-state index in [1.807, 2.05) is 43.3 Å². The lowest BCUT2D eigenvalue weighted by molar-refractivity contribution is 0.231. The molecule has 0 spiro atoms. The van der Waals surface area contributed by atoms with Crippen LogP contribution in [-0.2, 0) is 6.54 Å². The lowest BCUT2D eigenvalue weighted by Gasteiger charge is -2.30. The first kappa shape index (κ1) is 21.8. The summed E-state index contributed by atoms with van der Waals surface area (Å²) in [6.07, 6.45) is 3.62. The summed E-state index contributed by atoms with van der Waals surface area (Å²) in [4.78, 5) is 23.6. The van der Waals surface area contributed by atoms with Crippen LogP contribution in [0.5, 0.6) is 0 Å².